The lowest BCUT2D eigenvalue weighted by atomic mass is 9.51. The fourth-order valence-electron chi connectivity index (χ4n) is 8.69. The molecule has 0 aliphatic heterocycles. The van der Waals surface area contributed by atoms with Gasteiger partial charge in [0.1, 0.15) is 11.9 Å². The largest absolute Gasteiger partial charge is 0.508 e. The number of benzene rings is 1. The maximum absolute atomic E-state index is 15.9. The van der Waals surface area contributed by atoms with Gasteiger partial charge < -0.3 is 15.1 Å². The summed E-state index contributed by atoms with van der Waals surface area (Å²) in [5.74, 6) is -3.63. The van der Waals surface area contributed by atoms with E-state index in [9.17, 15) is 32.2 Å². The molecule has 2 saturated carbocycles. The van der Waals surface area contributed by atoms with Crippen LogP contribution in [0, 0.1) is 23.2 Å². The van der Waals surface area contributed by atoms with E-state index in [1.54, 1.807) is 6.07 Å². The van der Waals surface area contributed by atoms with Crippen LogP contribution in [0.2, 0.25) is 0 Å². The zero-order valence-electron chi connectivity index (χ0n) is 25.8. The Hall–Kier alpha value is -1.48. The van der Waals surface area contributed by atoms with Crippen molar-refractivity contribution < 1.29 is 36.6 Å². The van der Waals surface area contributed by atoms with E-state index >= 15 is 4.39 Å². The monoisotopic (exact) mass is 619 g/mol. The molecule has 0 bridgehead atoms. The summed E-state index contributed by atoms with van der Waals surface area (Å²) in [6, 6.07) is 5.43. The highest BCUT2D eigenvalue weighted by Gasteiger charge is 2.60. The molecule has 3 nitrogen and oxygen atoms in total. The molecular weight excluding hydrogens is 568 g/mol. The van der Waals surface area contributed by atoms with Crippen molar-refractivity contribution >= 4 is 0 Å². The lowest BCUT2D eigenvalue weighted by molar-refractivity contribution is -0.284. The average molecular weight is 620 g/mol. The molecule has 2 N–H and O–H groups in total. The minimum absolute atomic E-state index is 0.115. The van der Waals surface area contributed by atoms with E-state index in [2.05, 4.69) is 18.9 Å². The smallest absolute Gasteiger partial charge is 0.453 e. The minimum Gasteiger partial charge on any atom is -0.508 e. The van der Waals surface area contributed by atoms with E-state index in [1.165, 1.54) is 0 Å². The van der Waals surface area contributed by atoms with Crippen LogP contribution in [0.25, 0.3) is 0 Å². The fraction of sp³-hybridized carbons (Fsp3) is 0.824. The number of halogens is 6. The quantitative estimate of drug-likeness (QED) is 0.152. The molecule has 3 aliphatic rings. The normalized spacial score (nSPS) is 30.7. The van der Waals surface area contributed by atoms with E-state index < -0.39 is 30.8 Å². The summed E-state index contributed by atoms with van der Waals surface area (Å²) in [5.41, 5.74) is 1.78. The number of rotatable bonds is 15. The van der Waals surface area contributed by atoms with Crippen molar-refractivity contribution in [2.24, 2.45) is 23.2 Å². The third-order valence-corrected chi connectivity index (χ3v) is 11.1. The summed E-state index contributed by atoms with van der Waals surface area (Å²) < 4.78 is 78.5. The number of alkyl halides is 6. The van der Waals surface area contributed by atoms with Crippen molar-refractivity contribution in [3.8, 4) is 5.75 Å². The molecule has 0 amide bonds. The Morgan fingerprint density at radius 2 is 1.53 bits per heavy atom. The first kappa shape index (κ1) is 34.4. The Bertz CT molecular complexity index is 1030. The van der Waals surface area contributed by atoms with Crippen molar-refractivity contribution in [1.29, 1.82) is 0 Å². The Balaban J connectivity index is 1.16. The third-order valence-electron chi connectivity index (χ3n) is 11.1. The number of phenolic OH excluding ortho intramolecular Hbond substituents is 1. The van der Waals surface area contributed by atoms with Crippen LogP contribution in [0.15, 0.2) is 18.2 Å². The number of hydrogen-bond donors (Lipinski definition) is 2. The second kappa shape index (κ2) is 14.3. The molecule has 1 aromatic rings. The van der Waals surface area contributed by atoms with Gasteiger partial charge in [0.15, 0.2) is 0 Å². The summed E-state index contributed by atoms with van der Waals surface area (Å²) in [6.45, 7) is 3.94. The topological polar surface area (TPSA) is 43.7 Å². The van der Waals surface area contributed by atoms with Crippen LogP contribution in [0.4, 0.5) is 26.3 Å². The number of nitrogens with zero attached hydrogens (tertiary/aromatic N) is 1. The van der Waals surface area contributed by atoms with Crippen LogP contribution in [0.1, 0.15) is 114 Å². The van der Waals surface area contributed by atoms with E-state index in [1.807, 2.05) is 12.1 Å². The van der Waals surface area contributed by atoms with Gasteiger partial charge in [0, 0.05) is 12.3 Å². The van der Waals surface area contributed by atoms with Crippen LogP contribution < -0.4 is 0 Å². The summed E-state index contributed by atoms with van der Waals surface area (Å²) in [6.07, 6.45) is 2.97. The zero-order chi connectivity index (χ0) is 31.4. The summed E-state index contributed by atoms with van der Waals surface area (Å²) in [4.78, 5) is 2.25. The molecule has 1 aromatic carbocycles. The standard InChI is InChI=1S/C34H51F6NO2/c1-32-22-28(35)31-26-14-13-25(42)21-24(26)20-23(30(31)27(32)15-16-29(32)43)12-8-4-7-11-19-41(2)18-10-6-3-5-9-17-33(36,37)34(38,39)40/h13-14,21,23,27-31,42-43H,3-12,15-20,22H2,1-2H3/t23?,27-,28?,29?,30-,31-,32-/m0/s1. The van der Waals surface area contributed by atoms with Crippen molar-refractivity contribution in [1.82, 2.24) is 4.90 Å². The second-order valence-corrected chi connectivity index (χ2v) is 14.1. The maximum atomic E-state index is 15.9. The van der Waals surface area contributed by atoms with E-state index in [-0.39, 0.29) is 29.4 Å². The highest BCUT2D eigenvalue weighted by molar-refractivity contribution is 5.41. The van der Waals surface area contributed by atoms with Crippen LogP contribution in [0.5, 0.6) is 5.75 Å². The number of aliphatic hydroxyl groups is 1. The van der Waals surface area contributed by atoms with Gasteiger partial charge in [-0.2, -0.15) is 22.0 Å². The highest BCUT2D eigenvalue weighted by atomic mass is 19.4. The van der Waals surface area contributed by atoms with Crippen LogP contribution in [-0.4, -0.2) is 59.6 Å². The third kappa shape index (κ3) is 8.03. The van der Waals surface area contributed by atoms with Crippen molar-refractivity contribution in [2.45, 2.75) is 134 Å². The molecule has 0 radical (unpaired) electrons. The van der Waals surface area contributed by atoms with Crippen LogP contribution in [-0.2, 0) is 6.42 Å². The fourth-order valence-corrected chi connectivity index (χ4v) is 8.69. The van der Waals surface area contributed by atoms with Crippen molar-refractivity contribution in [3.63, 3.8) is 0 Å². The average Bonchev–Trinajstić information content (AvgIpc) is 3.22. The van der Waals surface area contributed by atoms with Crippen molar-refractivity contribution in [2.75, 3.05) is 20.1 Å². The van der Waals surface area contributed by atoms with Crippen LogP contribution in [0.3, 0.4) is 0 Å². The Morgan fingerprint density at radius 3 is 2.21 bits per heavy atom. The molecule has 0 saturated heterocycles. The van der Waals surface area contributed by atoms with Crippen molar-refractivity contribution in [3.05, 3.63) is 29.3 Å². The van der Waals surface area contributed by atoms with E-state index in [0.717, 1.165) is 88.4 Å². The molecule has 0 heterocycles. The number of aliphatic hydroxyl groups excluding tert-OH is 1. The van der Waals surface area contributed by atoms with Gasteiger partial charge in [-0.15, -0.1) is 0 Å². The summed E-state index contributed by atoms with van der Waals surface area (Å²) in [5, 5.41) is 21.0. The Morgan fingerprint density at radius 1 is 0.907 bits per heavy atom. The lowest BCUT2D eigenvalue weighted by Crippen LogP contribution is -2.51. The van der Waals surface area contributed by atoms with Crippen LogP contribution >= 0.6 is 0 Å². The predicted molar refractivity (Wildman–Crippen MR) is 157 cm³/mol. The molecule has 0 aromatic heterocycles. The molecule has 9 heteroatoms. The Labute approximate surface area is 253 Å². The van der Waals surface area contributed by atoms with E-state index in [0.29, 0.717) is 31.1 Å². The molecule has 4 rings (SSSR count). The molecule has 0 spiro atoms. The van der Waals surface area contributed by atoms with Gasteiger partial charge in [0.05, 0.1) is 6.10 Å². The number of aromatic hydroxyl groups is 1. The molecule has 43 heavy (non-hydrogen) atoms. The van der Waals surface area contributed by atoms with Gasteiger partial charge in [-0.25, -0.2) is 4.39 Å². The van der Waals surface area contributed by atoms with Gasteiger partial charge in [-0.1, -0.05) is 51.5 Å². The second-order valence-electron chi connectivity index (χ2n) is 14.1. The molecule has 3 aliphatic carbocycles. The number of hydrogen-bond acceptors (Lipinski definition) is 3. The predicted octanol–water partition coefficient (Wildman–Crippen LogP) is 9.20. The SMILES string of the molecule is CN(CCCCCCCC(F)(F)C(F)(F)F)CCCCCCC1Cc2cc(O)ccc2[C@H]2C(F)C[C@]3(C)C(O)CC[C@H]3[C@H]12. The Kier molecular flexibility index (Phi) is 11.4. The summed E-state index contributed by atoms with van der Waals surface area (Å²) >= 11 is 0. The van der Waals surface area contributed by atoms with Gasteiger partial charge in [0.25, 0.3) is 0 Å². The maximum Gasteiger partial charge on any atom is 0.453 e. The molecule has 7 atom stereocenters. The molecule has 246 valence electrons. The van der Waals surface area contributed by atoms with Gasteiger partial charge in [0.2, 0.25) is 0 Å². The van der Waals surface area contributed by atoms with Gasteiger partial charge >= 0.3 is 12.1 Å². The zero-order valence-corrected chi connectivity index (χ0v) is 25.8. The highest BCUT2D eigenvalue weighted by Crippen LogP contribution is 2.63. The first-order chi connectivity index (χ1) is 20.2. The molecule has 2 fully saturated rings. The van der Waals surface area contributed by atoms with Gasteiger partial charge in [-0.05, 0) is 118 Å². The summed E-state index contributed by atoms with van der Waals surface area (Å²) in [7, 11) is 2.06. The number of fused-ring (bicyclic) bond motifs is 5. The molecule has 3 unspecified atom stereocenters. The van der Waals surface area contributed by atoms with Gasteiger partial charge in [-0.3, -0.25) is 0 Å². The minimum atomic E-state index is -5.46. The van der Waals surface area contributed by atoms with E-state index in [4.69, 9.17) is 0 Å². The first-order valence-corrected chi connectivity index (χ1v) is 16.5. The molecular formula is C34H51F6NO2. The number of unbranched alkanes of at least 4 members (excludes halogenated alkanes) is 7. The lowest BCUT2D eigenvalue weighted by Gasteiger charge is -2.54. The first-order valence-electron chi connectivity index (χ1n) is 16.5. The number of phenols is 1.